The lowest BCUT2D eigenvalue weighted by Gasteiger charge is -2.16. The fraction of sp³-hybridized carbons (Fsp3) is 0.632. The average molecular weight is 351 g/mol. The van der Waals surface area contributed by atoms with E-state index in [-0.39, 0.29) is 0 Å². The number of nitrogens with one attached hydrogen (secondary N) is 2. The summed E-state index contributed by atoms with van der Waals surface area (Å²) in [5.74, 6) is 1.77. The molecular formula is C19H34N4O2. The summed E-state index contributed by atoms with van der Waals surface area (Å²) in [6.07, 6.45) is 1.05. The van der Waals surface area contributed by atoms with Crippen molar-refractivity contribution in [2.45, 2.75) is 20.3 Å². The predicted octanol–water partition coefficient (Wildman–Crippen LogP) is 1.90. The number of para-hydroxylation sites is 1. The van der Waals surface area contributed by atoms with Crippen LogP contribution in [0, 0.1) is 6.92 Å². The second-order valence-corrected chi connectivity index (χ2v) is 5.95. The first kappa shape index (κ1) is 21.3. The lowest BCUT2D eigenvalue weighted by molar-refractivity contribution is 0.180. The number of ether oxygens (including phenoxy) is 2. The molecule has 2 N–H and O–H groups in total. The van der Waals surface area contributed by atoms with Crippen LogP contribution >= 0.6 is 0 Å². The Labute approximate surface area is 152 Å². The van der Waals surface area contributed by atoms with Crippen molar-refractivity contribution in [3.8, 4) is 5.75 Å². The van der Waals surface area contributed by atoms with Crippen molar-refractivity contribution in [1.82, 2.24) is 15.5 Å². The summed E-state index contributed by atoms with van der Waals surface area (Å²) in [6.45, 7) is 9.80. The third kappa shape index (κ3) is 9.94. The summed E-state index contributed by atoms with van der Waals surface area (Å²) in [7, 11) is 3.85. The third-order valence-corrected chi connectivity index (χ3v) is 3.73. The van der Waals surface area contributed by atoms with Gasteiger partial charge in [-0.1, -0.05) is 18.2 Å². The van der Waals surface area contributed by atoms with Crippen molar-refractivity contribution >= 4 is 5.96 Å². The van der Waals surface area contributed by atoms with Crippen LogP contribution in [0.1, 0.15) is 18.9 Å². The number of methoxy groups -OCH3 is 1. The smallest absolute Gasteiger partial charge is 0.191 e. The lowest BCUT2D eigenvalue weighted by atomic mass is 10.2. The van der Waals surface area contributed by atoms with Gasteiger partial charge in [0.1, 0.15) is 12.4 Å². The lowest BCUT2D eigenvalue weighted by Crippen LogP contribution is -2.39. The van der Waals surface area contributed by atoms with E-state index in [1.807, 2.05) is 18.2 Å². The highest BCUT2D eigenvalue weighted by Crippen LogP contribution is 2.15. The molecule has 0 saturated heterocycles. The van der Waals surface area contributed by atoms with Gasteiger partial charge in [0, 0.05) is 33.4 Å². The first-order chi connectivity index (χ1) is 12.2. The van der Waals surface area contributed by atoms with Gasteiger partial charge in [0.05, 0.1) is 13.1 Å². The Bertz CT molecular complexity index is 494. The average Bonchev–Trinajstić information content (AvgIpc) is 2.60. The van der Waals surface area contributed by atoms with Crippen molar-refractivity contribution in [1.29, 1.82) is 0 Å². The summed E-state index contributed by atoms with van der Waals surface area (Å²) in [5, 5.41) is 6.58. The van der Waals surface area contributed by atoms with Gasteiger partial charge in [0.15, 0.2) is 5.96 Å². The molecule has 1 aromatic carbocycles. The minimum atomic E-state index is 0.603. The normalized spacial score (nSPS) is 11.6. The van der Waals surface area contributed by atoms with E-state index in [2.05, 4.69) is 47.5 Å². The molecule has 0 aliphatic heterocycles. The highest BCUT2D eigenvalue weighted by Gasteiger charge is 2.01. The highest BCUT2D eigenvalue weighted by molar-refractivity contribution is 5.79. The van der Waals surface area contributed by atoms with Gasteiger partial charge in [-0.3, -0.25) is 4.99 Å². The molecule has 6 heteroatoms. The van der Waals surface area contributed by atoms with Crippen LogP contribution in [0.4, 0.5) is 0 Å². The van der Waals surface area contributed by atoms with Crippen molar-refractivity contribution in [2.75, 3.05) is 60.1 Å². The Morgan fingerprint density at radius 2 is 1.96 bits per heavy atom. The van der Waals surface area contributed by atoms with Gasteiger partial charge in [-0.2, -0.15) is 0 Å². The first-order valence-corrected chi connectivity index (χ1v) is 9.05. The standard InChI is InChI=1S/C19H34N4O2/c1-5-20-19(21-11-14-23(3)13-8-15-24-4)22-12-16-25-18-10-7-6-9-17(18)2/h6-7,9-10H,5,8,11-16H2,1-4H3,(H2,20,21,22). The molecule has 0 aliphatic rings. The van der Waals surface area contributed by atoms with Crippen LogP contribution in [0.25, 0.3) is 0 Å². The largest absolute Gasteiger partial charge is 0.491 e. The van der Waals surface area contributed by atoms with Crippen LogP contribution in [0.2, 0.25) is 0 Å². The van der Waals surface area contributed by atoms with Gasteiger partial charge in [-0.05, 0) is 38.9 Å². The minimum Gasteiger partial charge on any atom is -0.491 e. The Morgan fingerprint density at radius 3 is 2.68 bits per heavy atom. The van der Waals surface area contributed by atoms with E-state index in [4.69, 9.17) is 9.47 Å². The summed E-state index contributed by atoms with van der Waals surface area (Å²) in [6, 6.07) is 8.05. The Morgan fingerprint density at radius 1 is 1.16 bits per heavy atom. The number of hydrogen-bond donors (Lipinski definition) is 2. The van der Waals surface area contributed by atoms with Crippen LogP contribution in [-0.2, 0) is 4.74 Å². The molecule has 0 unspecified atom stereocenters. The zero-order valence-electron chi connectivity index (χ0n) is 16.2. The molecule has 0 fully saturated rings. The van der Waals surface area contributed by atoms with Crippen molar-refractivity contribution in [2.24, 2.45) is 4.99 Å². The number of likely N-dealkylation sites (N-methyl/N-ethyl adjacent to an activating group) is 1. The van der Waals surface area contributed by atoms with Gasteiger partial charge < -0.3 is 25.0 Å². The zero-order valence-corrected chi connectivity index (χ0v) is 16.2. The molecule has 1 rings (SSSR count). The second kappa shape index (κ2) is 13.5. The zero-order chi connectivity index (χ0) is 18.3. The molecule has 0 aromatic heterocycles. The number of aliphatic imine (C=N–C) groups is 1. The van der Waals surface area contributed by atoms with Crippen LogP contribution in [-0.4, -0.2) is 71.0 Å². The molecule has 1 aromatic rings. The van der Waals surface area contributed by atoms with Crippen molar-refractivity contribution in [3.05, 3.63) is 29.8 Å². The predicted molar refractivity (Wildman–Crippen MR) is 105 cm³/mol. The molecule has 142 valence electrons. The number of hydrogen-bond acceptors (Lipinski definition) is 4. The Balaban J connectivity index is 2.27. The minimum absolute atomic E-state index is 0.603. The van der Waals surface area contributed by atoms with E-state index in [0.717, 1.165) is 56.5 Å². The molecule has 0 saturated carbocycles. The van der Waals surface area contributed by atoms with Crippen LogP contribution in [0.15, 0.2) is 29.3 Å². The number of guanidine groups is 1. The fourth-order valence-electron chi connectivity index (χ4n) is 2.31. The van der Waals surface area contributed by atoms with Crippen LogP contribution < -0.4 is 15.4 Å². The monoisotopic (exact) mass is 350 g/mol. The van der Waals surface area contributed by atoms with Gasteiger partial charge in [0.25, 0.3) is 0 Å². The summed E-state index contributed by atoms with van der Waals surface area (Å²) >= 11 is 0. The molecule has 0 atom stereocenters. The topological polar surface area (TPSA) is 58.1 Å². The van der Waals surface area contributed by atoms with E-state index in [9.17, 15) is 0 Å². The highest BCUT2D eigenvalue weighted by atomic mass is 16.5. The first-order valence-electron chi connectivity index (χ1n) is 9.05. The summed E-state index contributed by atoms with van der Waals surface area (Å²) in [4.78, 5) is 6.88. The maximum absolute atomic E-state index is 5.80. The van der Waals surface area contributed by atoms with Crippen LogP contribution in [0.3, 0.4) is 0 Å². The van der Waals surface area contributed by atoms with E-state index in [1.165, 1.54) is 0 Å². The number of benzene rings is 1. The molecule has 0 heterocycles. The molecular weight excluding hydrogens is 316 g/mol. The maximum Gasteiger partial charge on any atom is 0.191 e. The molecule has 0 radical (unpaired) electrons. The van der Waals surface area contributed by atoms with Crippen molar-refractivity contribution in [3.63, 3.8) is 0 Å². The van der Waals surface area contributed by atoms with Gasteiger partial charge in [0.2, 0.25) is 0 Å². The quantitative estimate of drug-likeness (QED) is 0.343. The molecule has 0 spiro atoms. The van der Waals surface area contributed by atoms with Gasteiger partial charge in [-0.25, -0.2) is 0 Å². The van der Waals surface area contributed by atoms with Crippen molar-refractivity contribution < 1.29 is 9.47 Å². The number of rotatable bonds is 12. The maximum atomic E-state index is 5.80. The SMILES string of the molecule is CCNC(=NCCN(C)CCCOC)NCCOc1ccccc1C. The molecule has 0 amide bonds. The number of aryl methyl sites for hydroxylation is 1. The Hall–Kier alpha value is -1.79. The molecule has 0 aliphatic carbocycles. The summed E-state index contributed by atoms with van der Waals surface area (Å²) in [5.41, 5.74) is 1.15. The van der Waals surface area contributed by atoms with E-state index in [0.29, 0.717) is 13.2 Å². The van der Waals surface area contributed by atoms with Gasteiger partial charge in [-0.15, -0.1) is 0 Å². The second-order valence-electron chi connectivity index (χ2n) is 5.95. The third-order valence-electron chi connectivity index (χ3n) is 3.73. The number of nitrogens with zero attached hydrogens (tertiary/aromatic N) is 2. The molecule has 0 bridgehead atoms. The van der Waals surface area contributed by atoms with Gasteiger partial charge >= 0.3 is 0 Å². The molecule has 6 nitrogen and oxygen atoms in total. The van der Waals surface area contributed by atoms with E-state index < -0.39 is 0 Å². The summed E-state index contributed by atoms with van der Waals surface area (Å²) < 4.78 is 10.9. The molecule has 25 heavy (non-hydrogen) atoms. The fourth-order valence-corrected chi connectivity index (χ4v) is 2.31. The Kier molecular flexibility index (Phi) is 11.5. The van der Waals surface area contributed by atoms with Crippen LogP contribution in [0.5, 0.6) is 5.75 Å². The van der Waals surface area contributed by atoms with E-state index >= 15 is 0 Å². The van der Waals surface area contributed by atoms with E-state index in [1.54, 1.807) is 7.11 Å².